The summed E-state index contributed by atoms with van der Waals surface area (Å²) in [5.74, 6) is 0. The molecule has 1 aliphatic rings. The summed E-state index contributed by atoms with van der Waals surface area (Å²) in [4.78, 5) is 0. The van der Waals surface area contributed by atoms with Gasteiger partial charge in [0.25, 0.3) is 0 Å². The molecule has 0 heterocycles. The molecule has 0 amide bonds. The van der Waals surface area contributed by atoms with Gasteiger partial charge in [0.15, 0.2) is 0 Å². The van der Waals surface area contributed by atoms with Crippen LogP contribution in [0.15, 0.2) is 0 Å². The first kappa shape index (κ1) is 16.4. The molecule has 0 radical (unpaired) electrons. The summed E-state index contributed by atoms with van der Waals surface area (Å²) >= 11 is 0. The Morgan fingerprint density at radius 2 is 2.16 bits per heavy atom. The smallest absolute Gasteiger partial charge is 0.109 e. The molecule has 5 nitrogen and oxygen atoms in total. The maximum absolute atomic E-state index is 9.25. The van der Waals surface area contributed by atoms with Crippen molar-refractivity contribution in [1.82, 2.24) is 5.32 Å². The van der Waals surface area contributed by atoms with Crippen molar-refractivity contribution in [1.29, 1.82) is 5.26 Å². The van der Waals surface area contributed by atoms with Gasteiger partial charge in [0, 0.05) is 26.7 Å². The minimum absolute atomic E-state index is 0.182. The molecule has 0 aliphatic heterocycles. The summed E-state index contributed by atoms with van der Waals surface area (Å²) in [7, 11) is 1.69. The fourth-order valence-electron chi connectivity index (χ4n) is 2.46. The fraction of sp³-hybridized carbons (Fsp3) is 0.929. The van der Waals surface area contributed by atoms with Gasteiger partial charge in [-0.15, -0.1) is 0 Å². The number of hydrogen-bond donors (Lipinski definition) is 1. The molecule has 0 aromatic rings. The van der Waals surface area contributed by atoms with Crippen LogP contribution in [-0.2, 0) is 14.2 Å². The van der Waals surface area contributed by atoms with Gasteiger partial charge in [-0.25, -0.2) is 0 Å². The Morgan fingerprint density at radius 3 is 2.84 bits per heavy atom. The van der Waals surface area contributed by atoms with Gasteiger partial charge < -0.3 is 14.2 Å². The Kier molecular flexibility index (Phi) is 7.99. The quantitative estimate of drug-likeness (QED) is 0.609. The van der Waals surface area contributed by atoms with Crippen LogP contribution < -0.4 is 5.32 Å². The van der Waals surface area contributed by atoms with Gasteiger partial charge in [0.1, 0.15) is 5.54 Å². The first-order valence-electron chi connectivity index (χ1n) is 7.11. The van der Waals surface area contributed by atoms with E-state index in [1.165, 1.54) is 0 Å². The first-order chi connectivity index (χ1) is 9.26. The number of hydrogen-bond acceptors (Lipinski definition) is 5. The van der Waals surface area contributed by atoms with E-state index in [-0.39, 0.29) is 11.6 Å². The Labute approximate surface area is 116 Å². The zero-order valence-electron chi connectivity index (χ0n) is 12.1. The normalized spacial score (nSPS) is 26.5. The van der Waals surface area contributed by atoms with Gasteiger partial charge in [0.2, 0.25) is 0 Å². The summed E-state index contributed by atoms with van der Waals surface area (Å²) < 4.78 is 16.1. The van der Waals surface area contributed by atoms with Crippen LogP contribution in [0.2, 0.25) is 0 Å². The Hall–Kier alpha value is -0.670. The van der Waals surface area contributed by atoms with Crippen LogP contribution in [0, 0.1) is 11.3 Å². The van der Waals surface area contributed by atoms with E-state index in [1.54, 1.807) is 7.11 Å². The van der Waals surface area contributed by atoms with Crippen molar-refractivity contribution in [3.63, 3.8) is 0 Å². The minimum Gasteiger partial charge on any atom is -0.385 e. The van der Waals surface area contributed by atoms with E-state index >= 15 is 0 Å². The number of ether oxygens (including phenoxy) is 3. The maximum Gasteiger partial charge on any atom is 0.109 e. The predicted octanol–water partition coefficient (Wildman–Crippen LogP) is 1.48. The predicted molar refractivity (Wildman–Crippen MR) is 72.9 cm³/mol. The van der Waals surface area contributed by atoms with Gasteiger partial charge >= 0.3 is 0 Å². The summed E-state index contributed by atoms with van der Waals surface area (Å²) in [5.41, 5.74) is -0.376. The highest BCUT2D eigenvalue weighted by Gasteiger charge is 2.39. The Morgan fingerprint density at radius 1 is 1.32 bits per heavy atom. The largest absolute Gasteiger partial charge is 0.385 e. The lowest BCUT2D eigenvalue weighted by Crippen LogP contribution is -2.41. The molecule has 1 aliphatic carbocycles. The summed E-state index contributed by atoms with van der Waals surface area (Å²) in [6.07, 6.45) is 3.70. The highest BCUT2D eigenvalue weighted by atomic mass is 16.5. The van der Waals surface area contributed by atoms with Crippen LogP contribution in [0.5, 0.6) is 0 Å². The molecular formula is C14H26N2O3. The van der Waals surface area contributed by atoms with Gasteiger partial charge in [-0.1, -0.05) is 6.92 Å². The molecule has 1 saturated carbocycles. The number of rotatable bonds is 10. The van der Waals surface area contributed by atoms with Gasteiger partial charge in [-0.05, 0) is 25.8 Å². The number of methoxy groups -OCH3 is 1. The molecule has 1 fully saturated rings. The first-order valence-corrected chi connectivity index (χ1v) is 7.11. The average Bonchev–Trinajstić information content (AvgIpc) is 2.82. The second kappa shape index (κ2) is 9.27. The lowest BCUT2D eigenvalue weighted by atomic mass is 10.00. The van der Waals surface area contributed by atoms with Crippen molar-refractivity contribution in [2.45, 2.75) is 44.2 Å². The highest BCUT2D eigenvalue weighted by molar-refractivity contribution is 5.12. The molecule has 110 valence electrons. The molecule has 1 N–H and O–H groups in total. The van der Waals surface area contributed by atoms with Crippen molar-refractivity contribution in [2.75, 3.05) is 40.1 Å². The summed E-state index contributed by atoms with van der Waals surface area (Å²) in [6.45, 7) is 5.51. The van der Waals surface area contributed by atoms with Crippen molar-refractivity contribution in [3.8, 4) is 6.07 Å². The molecule has 19 heavy (non-hydrogen) atoms. The molecule has 0 spiro atoms. The summed E-state index contributed by atoms with van der Waals surface area (Å²) in [6, 6.07) is 2.40. The van der Waals surface area contributed by atoms with Crippen molar-refractivity contribution in [2.24, 2.45) is 0 Å². The fourth-order valence-corrected chi connectivity index (χ4v) is 2.46. The molecule has 0 saturated heterocycles. The topological polar surface area (TPSA) is 63.5 Å². The van der Waals surface area contributed by atoms with E-state index in [2.05, 4.69) is 11.4 Å². The standard InChI is InChI=1S/C14H26N2O3/c1-3-16-14(12-15)6-5-13(11-14)19-10-9-18-8-4-7-17-2/h13,16H,3-11H2,1-2H3. The number of nitrogens with zero attached hydrogens (tertiary/aromatic N) is 1. The van der Waals surface area contributed by atoms with E-state index in [0.717, 1.165) is 38.8 Å². The molecule has 0 aromatic carbocycles. The molecule has 2 unspecified atom stereocenters. The molecular weight excluding hydrogens is 244 g/mol. The number of nitrogens with one attached hydrogen (secondary N) is 1. The third-order valence-corrected chi connectivity index (χ3v) is 3.42. The third-order valence-electron chi connectivity index (χ3n) is 3.42. The van der Waals surface area contributed by atoms with Crippen LogP contribution >= 0.6 is 0 Å². The minimum atomic E-state index is -0.376. The van der Waals surface area contributed by atoms with Gasteiger partial charge in [-0.2, -0.15) is 5.26 Å². The molecule has 2 atom stereocenters. The molecule has 1 rings (SSSR count). The van der Waals surface area contributed by atoms with E-state index in [1.807, 2.05) is 6.92 Å². The van der Waals surface area contributed by atoms with Crippen LogP contribution in [0.4, 0.5) is 0 Å². The molecule has 5 heteroatoms. The lowest BCUT2D eigenvalue weighted by molar-refractivity contribution is 0.00252. The van der Waals surface area contributed by atoms with Crippen LogP contribution in [0.3, 0.4) is 0 Å². The van der Waals surface area contributed by atoms with E-state index in [4.69, 9.17) is 14.2 Å². The Balaban J connectivity index is 2.07. The third kappa shape index (κ3) is 5.87. The zero-order valence-corrected chi connectivity index (χ0v) is 12.1. The molecule has 0 bridgehead atoms. The van der Waals surface area contributed by atoms with Crippen molar-refractivity contribution < 1.29 is 14.2 Å². The van der Waals surface area contributed by atoms with Crippen LogP contribution in [0.25, 0.3) is 0 Å². The van der Waals surface area contributed by atoms with E-state index in [0.29, 0.717) is 19.8 Å². The van der Waals surface area contributed by atoms with Crippen molar-refractivity contribution in [3.05, 3.63) is 0 Å². The Bertz CT molecular complexity index is 280. The second-order valence-electron chi connectivity index (χ2n) is 4.92. The van der Waals surface area contributed by atoms with Crippen LogP contribution in [0.1, 0.15) is 32.6 Å². The zero-order chi connectivity index (χ0) is 14.0. The van der Waals surface area contributed by atoms with Crippen LogP contribution in [-0.4, -0.2) is 51.7 Å². The molecule has 0 aromatic heterocycles. The maximum atomic E-state index is 9.25. The highest BCUT2D eigenvalue weighted by Crippen LogP contribution is 2.31. The lowest BCUT2D eigenvalue weighted by Gasteiger charge is -2.21. The van der Waals surface area contributed by atoms with Crippen molar-refractivity contribution >= 4 is 0 Å². The summed E-state index contributed by atoms with van der Waals surface area (Å²) in [5, 5.41) is 12.5. The van der Waals surface area contributed by atoms with Gasteiger partial charge in [-0.3, -0.25) is 5.32 Å². The second-order valence-corrected chi connectivity index (χ2v) is 4.92. The van der Waals surface area contributed by atoms with E-state index in [9.17, 15) is 5.26 Å². The average molecular weight is 270 g/mol. The number of nitriles is 1. The SMILES string of the molecule is CCNC1(C#N)CCC(OCCOCCCOC)C1. The van der Waals surface area contributed by atoms with E-state index < -0.39 is 0 Å². The van der Waals surface area contributed by atoms with Gasteiger partial charge in [0.05, 0.1) is 25.4 Å². The monoisotopic (exact) mass is 270 g/mol.